The van der Waals surface area contributed by atoms with Gasteiger partial charge in [-0.2, -0.15) is 0 Å². The van der Waals surface area contributed by atoms with Crippen molar-refractivity contribution in [3.05, 3.63) is 36.8 Å². The smallest absolute Gasteiger partial charge is 0.158 e. The van der Waals surface area contributed by atoms with Crippen molar-refractivity contribution in [2.75, 3.05) is 13.1 Å². The highest BCUT2D eigenvalue weighted by Gasteiger charge is 2.18. The highest BCUT2D eigenvalue weighted by molar-refractivity contribution is 5.85. The minimum Gasteiger partial charge on any atom is -0.325 e. The third-order valence-corrected chi connectivity index (χ3v) is 3.23. The molecule has 1 fully saturated rings. The molecule has 1 atom stereocenters. The van der Waals surface area contributed by atoms with Crippen molar-refractivity contribution in [2.45, 2.75) is 18.9 Å². The molecule has 0 amide bonds. The van der Waals surface area contributed by atoms with Crippen LogP contribution in [0.1, 0.15) is 18.9 Å². The van der Waals surface area contributed by atoms with Crippen LogP contribution < -0.4 is 5.32 Å². The number of piperidine rings is 1. The lowest BCUT2D eigenvalue weighted by atomic mass is 10.1. The summed E-state index contributed by atoms with van der Waals surface area (Å²) >= 11 is 0. The third-order valence-electron chi connectivity index (χ3n) is 3.23. The molecule has 96 valence electrons. The van der Waals surface area contributed by atoms with E-state index >= 15 is 0 Å². The molecule has 3 heterocycles. The van der Waals surface area contributed by atoms with Crippen molar-refractivity contribution >= 4 is 12.4 Å². The Labute approximate surface area is 113 Å². The topological polar surface area (TPSA) is 42.7 Å². The molecule has 0 spiro atoms. The number of rotatable bonds is 2. The number of nitrogens with one attached hydrogen (secondary N) is 1. The van der Waals surface area contributed by atoms with E-state index in [2.05, 4.69) is 26.0 Å². The van der Waals surface area contributed by atoms with E-state index in [1.54, 1.807) is 0 Å². The van der Waals surface area contributed by atoms with Crippen LogP contribution in [0.4, 0.5) is 0 Å². The zero-order chi connectivity index (χ0) is 11.5. The summed E-state index contributed by atoms with van der Waals surface area (Å²) in [6.07, 6.45) is 8.17. The number of halogens is 1. The highest BCUT2D eigenvalue weighted by Crippen LogP contribution is 2.23. The summed E-state index contributed by atoms with van der Waals surface area (Å²) in [6.45, 7) is 2.15. The second kappa shape index (κ2) is 5.98. The molecule has 3 rings (SSSR count). The van der Waals surface area contributed by atoms with Crippen LogP contribution in [0, 0.1) is 0 Å². The summed E-state index contributed by atoms with van der Waals surface area (Å²) in [5.41, 5.74) is 0.947. The van der Waals surface area contributed by atoms with Crippen LogP contribution in [-0.2, 0) is 0 Å². The molecular weight excluding hydrogens is 248 g/mol. The fraction of sp³-hybridized carbons (Fsp3) is 0.385. The molecule has 1 aliphatic heterocycles. The number of imidazole rings is 1. The molecule has 0 aliphatic carbocycles. The van der Waals surface area contributed by atoms with Gasteiger partial charge in [0.2, 0.25) is 0 Å². The molecule has 1 N–H and O–H groups in total. The maximum atomic E-state index is 4.43. The third kappa shape index (κ3) is 2.54. The van der Waals surface area contributed by atoms with Gasteiger partial charge >= 0.3 is 0 Å². The minimum atomic E-state index is 0. The van der Waals surface area contributed by atoms with Crippen molar-refractivity contribution in [2.24, 2.45) is 0 Å². The van der Waals surface area contributed by atoms with Gasteiger partial charge in [0, 0.05) is 31.2 Å². The summed E-state index contributed by atoms with van der Waals surface area (Å²) in [4.78, 5) is 8.81. The van der Waals surface area contributed by atoms with E-state index in [4.69, 9.17) is 0 Å². The zero-order valence-electron chi connectivity index (χ0n) is 10.1. The largest absolute Gasteiger partial charge is 0.325 e. The predicted octanol–water partition coefficient (Wildman–Crippen LogP) is 2.29. The summed E-state index contributed by atoms with van der Waals surface area (Å²) in [5, 5.41) is 3.43. The highest BCUT2D eigenvalue weighted by atomic mass is 35.5. The SMILES string of the molecule is Cl.c1ccc(-c2nccn2[C@@H]2CCCNC2)nc1. The standard InChI is InChI=1S/C13H16N4.ClH/c1-2-7-15-12(5-1)13-16-8-9-17(13)11-4-3-6-14-10-11;/h1-2,5,7-9,11,14H,3-4,6,10H2;1H/t11-;/m1./s1. The lowest BCUT2D eigenvalue weighted by Crippen LogP contribution is -2.31. The lowest BCUT2D eigenvalue weighted by Gasteiger charge is -2.25. The Bertz CT molecular complexity index is 477. The van der Waals surface area contributed by atoms with Crippen LogP contribution in [0.2, 0.25) is 0 Å². The van der Waals surface area contributed by atoms with Crippen LogP contribution in [-0.4, -0.2) is 27.6 Å². The Morgan fingerprint density at radius 3 is 2.89 bits per heavy atom. The zero-order valence-corrected chi connectivity index (χ0v) is 10.9. The maximum absolute atomic E-state index is 4.43. The second-order valence-electron chi connectivity index (χ2n) is 4.37. The van der Waals surface area contributed by atoms with Gasteiger partial charge in [0.15, 0.2) is 5.82 Å². The van der Waals surface area contributed by atoms with Gasteiger partial charge in [-0.25, -0.2) is 4.98 Å². The quantitative estimate of drug-likeness (QED) is 0.905. The number of pyridine rings is 1. The normalized spacial score (nSPS) is 19.2. The van der Waals surface area contributed by atoms with Crippen LogP contribution in [0.15, 0.2) is 36.8 Å². The molecule has 0 radical (unpaired) electrons. The van der Waals surface area contributed by atoms with Gasteiger partial charge in [-0.1, -0.05) is 6.07 Å². The van der Waals surface area contributed by atoms with E-state index in [0.29, 0.717) is 6.04 Å². The molecule has 5 heteroatoms. The van der Waals surface area contributed by atoms with E-state index < -0.39 is 0 Å². The van der Waals surface area contributed by atoms with Crippen molar-refractivity contribution in [3.63, 3.8) is 0 Å². The van der Waals surface area contributed by atoms with Gasteiger partial charge in [0.1, 0.15) is 5.69 Å². The van der Waals surface area contributed by atoms with Crippen molar-refractivity contribution in [3.8, 4) is 11.5 Å². The van der Waals surface area contributed by atoms with E-state index in [0.717, 1.165) is 24.6 Å². The molecule has 0 aromatic carbocycles. The number of hydrogen-bond acceptors (Lipinski definition) is 3. The average molecular weight is 265 g/mol. The van der Waals surface area contributed by atoms with Crippen LogP contribution in [0.5, 0.6) is 0 Å². The Hall–Kier alpha value is -1.39. The molecule has 0 unspecified atom stereocenters. The molecule has 18 heavy (non-hydrogen) atoms. The van der Waals surface area contributed by atoms with Crippen LogP contribution >= 0.6 is 12.4 Å². The van der Waals surface area contributed by atoms with Gasteiger partial charge in [-0.15, -0.1) is 12.4 Å². The van der Waals surface area contributed by atoms with Crippen LogP contribution in [0.25, 0.3) is 11.5 Å². The van der Waals surface area contributed by atoms with Crippen LogP contribution in [0.3, 0.4) is 0 Å². The van der Waals surface area contributed by atoms with Gasteiger partial charge in [0.25, 0.3) is 0 Å². The average Bonchev–Trinajstić information content (AvgIpc) is 2.90. The molecule has 1 saturated heterocycles. The molecule has 2 aromatic heterocycles. The number of hydrogen-bond donors (Lipinski definition) is 1. The molecule has 0 bridgehead atoms. The minimum absolute atomic E-state index is 0. The Morgan fingerprint density at radius 2 is 2.17 bits per heavy atom. The number of nitrogens with zero attached hydrogens (tertiary/aromatic N) is 3. The first-order chi connectivity index (χ1) is 8.45. The summed E-state index contributed by atoms with van der Waals surface area (Å²) in [6, 6.07) is 6.44. The monoisotopic (exact) mass is 264 g/mol. The van der Waals surface area contributed by atoms with E-state index in [9.17, 15) is 0 Å². The molecule has 1 aliphatic rings. The van der Waals surface area contributed by atoms with Gasteiger partial charge in [-0.3, -0.25) is 4.98 Å². The Morgan fingerprint density at radius 1 is 1.22 bits per heavy atom. The van der Waals surface area contributed by atoms with Gasteiger partial charge < -0.3 is 9.88 Å². The predicted molar refractivity (Wildman–Crippen MR) is 73.8 cm³/mol. The summed E-state index contributed by atoms with van der Waals surface area (Å²) in [5.74, 6) is 0.972. The van der Waals surface area contributed by atoms with Gasteiger partial charge in [0.05, 0.1) is 0 Å². The Kier molecular flexibility index (Phi) is 4.33. The fourth-order valence-electron chi connectivity index (χ4n) is 2.37. The Balaban J connectivity index is 0.00000120. The molecule has 2 aromatic rings. The van der Waals surface area contributed by atoms with Gasteiger partial charge in [-0.05, 0) is 31.5 Å². The second-order valence-corrected chi connectivity index (χ2v) is 4.37. The first kappa shape index (κ1) is 13.1. The van der Waals surface area contributed by atoms with Crippen molar-refractivity contribution < 1.29 is 0 Å². The van der Waals surface area contributed by atoms with E-state index in [1.165, 1.54) is 12.8 Å². The lowest BCUT2D eigenvalue weighted by molar-refractivity contribution is 0.373. The summed E-state index contributed by atoms with van der Waals surface area (Å²) < 4.78 is 2.24. The maximum Gasteiger partial charge on any atom is 0.158 e. The van der Waals surface area contributed by atoms with Crippen molar-refractivity contribution in [1.29, 1.82) is 0 Å². The first-order valence-corrected chi connectivity index (χ1v) is 6.10. The summed E-state index contributed by atoms with van der Waals surface area (Å²) in [7, 11) is 0. The fourth-order valence-corrected chi connectivity index (χ4v) is 2.37. The molecular formula is C13H17ClN4. The van der Waals surface area contributed by atoms with E-state index in [-0.39, 0.29) is 12.4 Å². The first-order valence-electron chi connectivity index (χ1n) is 6.10. The number of aromatic nitrogens is 3. The van der Waals surface area contributed by atoms with E-state index in [1.807, 2.05) is 30.6 Å². The van der Waals surface area contributed by atoms with Crippen molar-refractivity contribution in [1.82, 2.24) is 19.9 Å². The molecule has 0 saturated carbocycles. The molecule has 4 nitrogen and oxygen atoms in total.